The molecule has 1 aliphatic rings. The van der Waals surface area contributed by atoms with Crippen molar-refractivity contribution in [3.63, 3.8) is 0 Å². The number of para-hydroxylation sites is 2. The fourth-order valence-electron chi connectivity index (χ4n) is 4.27. The molecule has 0 spiro atoms. The van der Waals surface area contributed by atoms with Gasteiger partial charge in [-0.1, -0.05) is 24.3 Å². The summed E-state index contributed by atoms with van der Waals surface area (Å²) >= 11 is 0. The molecule has 2 N–H and O–H groups in total. The van der Waals surface area contributed by atoms with Gasteiger partial charge < -0.3 is 19.9 Å². The lowest BCUT2D eigenvalue weighted by Gasteiger charge is -2.29. The molecule has 2 heterocycles. The SMILES string of the molecule is CN=C(NCc1nc2ccccc2n1C)NCC(c1ccc(OC)cc1)N1CCCC1. The second-order valence-electron chi connectivity index (χ2n) is 7.91. The molecule has 0 saturated carbocycles. The average molecular weight is 421 g/mol. The van der Waals surface area contributed by atoms with E-state index in [4.69, 9.17) is 9.72 Å². The van der Waals surface area contributed by atoms with Crippen LogP contribution in [0.2, 0.25) is 0 Å². The summed E-state index contributed by atoms with van der Waals surface area (Å²) in [6, 6.07) is 16.9. The molecule has 1 saturated heterocycles. The van der Waals surface area contributed by atoms with Crippen LogP contribution in [0.25, 0.3) is 11.0 Å². The Morgan fingerprint density at radius 3 is 2.52 bits per heavy atom. The van der Waals surface area contributed by atoms with Crippen LogP contribution >= 0.6 is 0 Å². The van der Waals surface area contributed by atoms with E-state index < -0.39 is 0 Å². The molecular weight excluding hydrogens is 388 g/mol. The first-order chi connectivity index (χ1) is 15.2. The third-order valence-electron chi connectivity index (χ3n) is 6.06. The summed E-state index contributed by atoms with van der Waals surface area (Å²) in [7, 11) is 5.56. The highest BCUT2D eigenvalue weighted by atomic mass is 16.5. The van der Waals surface area contributed by atoms with E-state index in [9.17, 15) is 0 Å². The van der Waals surface area contributed by atoms with Crippen LogP contribution in [0.15, 0.2) is 53.5 Å². The standard InChI is InChI=1S/C24H32N6O/c1-25-24(27-17-23-28-20-8-4-5-9-21(20)29(23)2)26-16-22(30-14-6-7-15-30)18-10-12-19(31-3)13-11-18/h4-5,8-13,22H,6-7,14-17H2,1-3H3,(H2,25,26,27). The van der Waals surface area contributed by atoms with Crippen LogP contribution in [0.1, 0.15) is 30.3 Å². The summed E-state index contributed by atoms with van der Waals surface area (Å²) in [4.78, 5) is 11.7. The van der Waals surface area contributed by atoms with Crippen LogP contribution in [0.3, 0.4) is 0 Å². The minimum atomic E-state index is 0.294. The van der Waals surface area contributed by atoms with Gasteiger partial charge in [-0.2, -0.15) is 0 Å². The van der Waals surface area contributed by atoms with Crippen molar-refractivity contribution < 1.29 is 4.74 Å². The molecule has 0 aliphatic carbocycles. The number of hydrogen-bond donors (Lipinski definition) is 2. The molecule has 1 aliphatic heterocycles. The second kappa shape index (κ2) is 9.83. The zero-order valence-corrected chi connectivity index (χ0v) is 18.6. The normalized spacial score (nSPS) is 15.9. The molecule has 164 valence electrons. The van der Waals surface area contributed by atoms with E-state index in [-0.39, 0.29) is 0 Å². The Balaban J connectivity index is 1.41. The van der Waals surface area contributed by atoms with E-state index in [1.807, 2.05) is 37.4 Å². The number of aromatic nitrogens is 2. The van der Waals surface area contributed by atoms with Crippen LogP contribution < -0.4 is 15.4 Å². The number of nitrogens with zero attached hydrogens (tertiary/aromatic N) is 4. The van der Waals surface area contributed by atoms with Gasteiger partial charge in [-0.05, 0) is 55.8 Å². The predicted molar refractivity (Wildman–Crippen MR) is 125 cm³/mol. The predicted octanol–water partition coefficient (Wildman–Crippen LogP) is 3.08. The first kappa shape index (κ1) is 21.2. The van der Waals surface area contributed by atoms with Gasteiger partial charge in [-0.15, -0.1) is 0 Å². The highest BCUT2D eigenvalue weighted by molar-refractivity contribution is 5.80. The second-order valence-corrected chi connectivity index (χ2v) is 7.91. The van der Waals surface area contributed by atoms with Gasteiger partial charge in [0.25, 0.3) is 0 Å². The number of likely N-dealkylation sites (tertiary alicyclic amines) is 1. The van der Waals surface area contributed by atoms with Crippen molar-refractivity contribution in [1.29, 1.82) is 0 Å². The minimum Gasteiger partial charge on any atom is -0.497 e. The zero-order valence-electron chi connectivity index (χ0n) is 18.6. The molecule has 3 aromatic rings. The summed E-state index contributed by atoms with van der Waals surface area (Å²) in [5.41, 5.74) is 3.44. The van der Waals surface area contributed by atoms with Crippen molar-refractivity contribution in [2.45, 2.75) is 25.4 Å². The number of methoxy groups -OCH3 is 1. The minimum absolute atomic E-state index is 0.294. The van der Waals surface area contributed by atoms with Gasteiger partial charge in [0.15, 0.2) is 5.96 Å². The summed E-state index contributed by atoms with van der Waals surface area (Å²) in [6.45, 7) is 3.66. The Labute approximate surface area is 184 Å². The van der Waals surface area contributed by atoms with Crippen molar-refractivity contribution in [3.8, 4) is 5.75 Å². The van der Waals surface area contributed by atoms with Crippen LogP contribution in [0.5, 0.6) is 5.75 Å². The van der Waals surface area contributed by atoms with Crippen LogP contribution in [-0.4, -0.2) is 54.2 Å². The molecule has 0 radical (unpaired) electrons. The Hall–Kier alpha value is -3.06. The lowest BCUT2D eigenvalue weighted by atomic mass is 10.1. The van der Waals surface area contributed by atoms with Gasteiger partial charge in [-0.25, -0.2) is 4.98 Å². The molecule has 0 bridgehead atoms. The molecule has 31 heavy (non-hydrogen) atoms. The van der Waals surface area contributed by atoms with Crippen LogP contribution in [0, 0.1) is 0 Å². The molecule has 0 amide bonds. The molecule has 7 nitrogen and oxygen atoms in total. The number of ether oxygens (including phenoxy) is 1. The van der Waals surface area contributed by atoms with E-state index in [0.29, 0.717) is 12.6 Å². The third-order valence-corrected chi connectivity index (χ3v) is 6.06. The fraction of sp³-hybridized carbons (Fsp3) is 0.417. The highest BCUT2D eigenvalue weighted by Gasteiger charge is 2.23. The smallest absolute Gasteiger partial charge is 0.191 e. The van der Waals surface area contributed by atoms with E-state index in [2.05, 4.69) is 50.3 Å². The zero-order chi connectivity index (χ0) is 21.6. The summed E-state index contributed by atoms with van der Waals surface area (Å²) < 4.78 is 7.45. The number of fused-ring (bicyclic) bond motifs is 1. The number of aliphatic imine (C=N–C) groups is 1. The molecule has 1 unspecified atom stereocenters. The Kier molecular flexibility index (Phi) is 6.72. The monoisotopic (exact) mass is 420 g/mol. The van der Waals surface area contributed by atoms with Crippen molar-refractivity contribution in [2.24, 2.45) is 12.0 Å². The average Bonchev–Trinajstić information content (AvgIpc) is 3.45. The first-order valence-electron chi connectivity index (χ1n) is 10.9. The lowest BCUT2D eigenvalue weighted by molar-refractivity contribution is 0.245. The molecule has 1 atom stereocenters. The van der Waals surface area contributed by atoms with Gasteiger partial charge in [0.1, 0.15) is 11.6 Å². The van der Waals surface area contributed by atoms with Crippen molar-refractivity contribution in [3.05, 3.63) is 59.9 Å². The first-order valence-corrected chi connectivity index (χ1v) is 10.9. The third kappa shape index (κ3) is 4.82. The van der Waals surface area contributed by atoms with Gasteiger partial charge in [0, 0.05) is 20.6 Å². The summed E-state index contributed by atoms with van der Waals surface area (Å²) in [5.74, 6) is 2.65. The van der Waals surface area contributed by atoms with E-state index in [0.717, 1.165) is 48.2 Å². The Morgan fingerprint density at radius 2 is 1.84 bits per heavy atom. The maximum absolute atomic E-state index is 5.33. The van der Waals surface area contributed by atoms with Gasteiger partial charge in [0.2, 0.25) is 0 Å². The largest absolute Gasteiger partial charge is 0.497 e. The molecule has 2 aromatic carbocycles. The number of aryl methyl sites for hydroxylation is 1. The van der Waals surface area contributed by atoms with Gasteiger partial charge in [0.05, 0.1) is 30.7 Å². The topological polar surface area (TPSA) is 66.7 Å². The number of benzene rings is 2. The summed E-state index contributed by atoms with van der Waals surface area (Å²) in [5, 5.41) is 6.95. The number of hydrogen-bond acceptors (Lipinski definition) is 4. The Morgan fingerprint density at radius 1 is 1.10 bits per heavy atom. The van der Waals surface area contributed by atoms with Crippen LogP contribution in [0.4, 0.5) is 0 Å². The molecule has 7 heteroatoms. The summed E-state index contributed by atoms with van der Waals surface area (Å²) in [6.07, 6.45) is 2.51. The molecule has 1 aromatic heterocycles. The quantitative estimate of drug-likeness (QED) is 0.454. The lowest BCUT2D eigenvalue weighted by Crippen LogP contribution is -2.42. The molecule has 4 rings (SSSR count). The van der Waals surface area contributed by atoms with Crippen molar-refractivity contribution in [2.75, 3.05) is 33.8 Å². The maximum atomic E-state index is 5.33. The highest BCUT2D eigenvalue weighted by Crippen LogP contribution is 2.26. The number of guanidine groups is 1. The maximum Gasteiger partial charge on any atom is 0.191 e. The Bertz CT molecular complexity index is 1020. The van der Waals surface area contributed by atoms with Crippen molar-refractivity contribution in [1.82, 2.24) is 25.1 Å². The molecule has 1 fully saturated rings. The fourth-order valence-corrected chi connectivity index (χ4v) is 4.27. The van der Waals surface area contributed by atoms with E-state index in [1.165, 1.54) is 18.4 Å². The number of imidazole rings is 1. The van der Waals surface area contributed by atoms with E-state index >= 15 is 0 Å². The van der Waals surface area contributed by atoms with Gasteiger partial charge in [-0.3, -0.25) is 9.89 Å². The number of nitrogens with one attached hydrogen (secondary N) is 2. The van der Waals surface area contributed by atoms with Gasteiger partial charge >= 0.3 is 0 Å². The van der Waals surface area contributed by atoms with Crippen LogP contribution in [-0.2, 0) is 13.6 Å². The number of rotatable bonds is 7. The van der Waals surface area contributed by atoms with E-state index in [1.54, 1.807) is 7.11 Å². The molecular formula is C24H32N6O. The van der Waals surface area contributed by atoms with Crippen molar-refractivity contribution >= 4 is 17.0 Å².